The van der Waals surface area contributed by atoms with Gasteiger partial charge in [-0.1, -0.05) is 0 Å². The van der Waals surface area contributed by atoms with Crippen molar-refractivity contribution in [3.8, 4) is 5.69 Å². The van der Waals surface area contributed by atoms with Gasteiger partial charge < -0.3 is 0 Å². The Balaban J connectivity index is 1.98. The van der Waals surface area contributed by atoms with E-state index in [0.29, 0.717) is 5.92 Å². The molecule has 0 amide bonds. The highest BCUT2D eigenvalue weighted by Crippen LogP contribution is 2.34. The Morgan fingerprint density at radius 3 is 2.95 bits per heavy atom. The zero-order valence-electron chi connectivity index (χ0n) is 10.9. The summed E-state index contributed by atoms with van der Waals surface area (Å²) in [7, 11) is 0. The van der Waals surface area contributed by atoms with Gasteiger partial charge in [-0.25, -0.2) is 9.97 Å². The van der Waals surface area contributed by atoms with Crippen molar-refractivity contribution in [2.45, 2.75) is 12.3 Å². The Labute approximate surface area is 121 Å². The molecule has 0 spiro atoms. The molecule has 1 unspecified atom stereocenters. The maximum atomic E-state index is 4.83. The molecule has 4 nitrogen and oxygen atoms in total. The molecule has 20 heavy (non-hydrogen) atoms. The molecule has 0 N–H and O–H groups in total. The molecule has 5 heteroatoms. The fourth-order valence-electron chi connectivity index (χ4n) is 2.68. The van der Waals surface area contributed by atoms with Crippen LogP contribution in [0.25, 0.3) is 16.9 Å². The van der Waals surface area contributed by atoms with Crippen LogP contribution >= 0.6 is 11.8 Å². The van der Waals surface area contributed by atoms with E-state index in [1.165, 1.54) is 12.2 Å². The fourth-order valence-corrected chi connectivity index (χ4v) is 3.90. The molecule has 0 aromatic carbocycles. The summed E-state index contributed by atoms with van der Waals surface area (Å²) in [6.45, 7) is 0. The van der Waals surface area contributed by atoms with E-state index in [9.17, 15) is 0 Å². The van der Waals surface area contributed by atoms with Crippen molar-refractivity contribution in [3.63, 3.8) is 0 Å². The van der Waals surface area contributed by atoms with E-state index >= 15 is 0 Å². The molecule has 1 aliphatic rings. The second kappa shape index (κ2) is 4.90. The van der Waals surface area contributed by atoms with E-state index < -0.39 is 0 Å². The van der Waals surface area contributed by atoms with Crippen LogP contribution < -0.4 is 0 Å². The summed E-state index contributed by atoms with van der Waals surface area (Å²) in [6.07, 6.45) is 6.68. The number of imidazole rings is 1. The molecule has 3 aromatic heterocycles. The van der Waals surface area contributed by atoms with Gasteiger partial charge in [-0.2, -0.15) is 11.8 Å². The number of thioether (sulfide) groups is 1. The van der Waals surface area contributed by atoms with Crippen LogP contribution in [0.3, 0.4) is 0 Å². The number of pyridine rings is 2. The maximum Gasteiger partial charge on any atom is 0.164 e. The third kappa shape index (κ3) is 1.89. The number of rotatable bonds is 2. The zero-order valence-corrected chi connectivity index (χ0v) is 11.8. The SMILES string of the molecule is c1cncc(-n2c(C3CCSC3)nc3cccnc32)c1. The highest BCUT2D eigenvalue weighted by Gasteiger charge is 2.25. The summed E-state index contributed by atoms with van der Waals surface area (Å²) in [5.74, 6) is 3.99. The molecule has 1 aliphatic heterocycles. The summed E-state index contributed by atoms with van der Waals surface area (Å²) >= 11 is 2.00. The molecule has 1 saturated heterocycles. The third-order valence-electron chi connectivity index (χ3n) is 3.64. The van der Waals surface area contributed by atoms with E-state index in [1.54, 1.807) is 6.20 Å². The van der Waals surface area contributed by atoms with Gasteiger partial charge >= 0.3 is 0 Å². The maximum absolute atomic E-state index is 4.83. The van der Waals surface area contributed by atoms with Crippen molar-refractivity contribution < 1.29 is 0 Å². The molecule has 0 saturated carbocycles. The van der Waals surface area contributed by atoms with Gasteiger partial charge in [-0.15, -0.1) is 0 Å². The smallest absolute Gasteiger partial charge is 0.164 e. The second-order valence-corrected chi connectivity index (χ2v) is 6.07. The predicted octanol–water partition coefficient (Wildman–Crippen LogP) is 3.04. The lowest BCUT2D eigenvalue weighted by atomic mass is 10.1. The molecular formula is C15H14N4S. The topological polar surface area (TPSA) is 43.6 Å². The van der Waals surface area contributed by atoms with Crippen LogP contribution in [0.1, 0.15) is 18.2 Å². The van der Waals surface area contributed by atoms with Crippen LogP contribution in [0.2, 0.25) is 0 Å². The number of hydrogen-bond donors (Lipinski definition) is 0. The predicted molar refractivity (Wildman–Crippen MR) is 81.3 cm³/mol. The first-order chi connectivity index (χ1) is 9.93. The van der Waals surface area contributed by atoms with Crippen LogP contribution in [-0.2, 0) is 0 Å². The van der Waals surface area contributed by atoms with Gasteiger partial charge in [0.1, 0.15) is 11.3 Å². The highest BCUT2D eigenvalue weighted by atomic mass is 32.2. The van der Waals surface area contributed by atoms with Crippen molar-refractivity contribution in [3.05, 3.63) is 48.7 Å². The molecule has 0 bridgehead atoms. The van der Waals surface area contributed by atoms with Crippen LogP contribution in [0, 0.1) is 0 Å². The average Bonchev–Trinajstić information content (AvgIpc) is 3.15. The number of fused-ring (bicyclic) bond motifs is 1. The van der Waals surface area contributed by atoms with Crippen molar-refractivity contribution in [1.29, 1.82) is 0 Å². The summed E-state index contributed by atoms with van der Waals surface area (Å²) in [4.78, 5) is 13.6. The molecular weight excluding hydrogens is 268 g/mol. The Morgan fingerprint density at radius 2 is 2.15 bits per heavy atom. The molecule has 4 rings (SSSR count). The van der Waals surface area contributed by atoms with Gasteiger partial charge in [-0.3, -0.25) is 9.55 Å². The van der Waals surface area contributed by atoms with Crippen LogP contribution in [0.5, 0.6) is 0 Å². The quantitative estimate of drug-likeness (QED) is 0.724. The minimum Gasteiger partial charge on any atom is -0.279 e. The minimum atomic E-state index is 0.509. The average molecular weight is 282 g/mol. The monoisotopic (exact) mass is 282 g/mol. The summed E-state index contributed by atoms with van der Waals surface area (Å²) < 4.78 is 2.17. The first-order valence-electron chi connectivity index (χ1n) is 6.75. The number of aromatic nitrogens is 4. The molecule has 1 atom stereocenters. The highest BCUT2D eigenvalue weighted by molar-refractivity contribution is 7.99. The molecule has 0 radical (unpaired) electrons. The van der Waals surface area contributed by atoms with Crippen molar-refractivity contribution >= 4 is 22.9 Å². The van der Waals surface area contributed by atoms with Gasteiger partial charge in [0.15, 0.2) is 5.65 Å². The summed E-state index contributed by atoms with van der Waals surface area (Å²) in [5, 5.41) is 0. The minimum absolute atomic E-state index is 0.509. The molecule has 3 aromatic rings. The van der Waals surface area contributed by atoms with E-state index in [-0.39, 0.29) is 0 Å². The Bertz CT molecular complexity index is 732. The second-order valence-electron chi connectivity index (χ2n) is 4.92. The largest absolute Gasteiger partial charge is 0.279 e. The summed E-state index contributed by atoms with van der Waals surface area (Å²) in [6, 6.07) is 7.99. The zero-order chi connectivity index (χ0) is 13.4. The molecule has 0 aliphatic carbocycles. The standard InChI is InChI=1S/C15H14N4S/c1-3-12(9-16-6-1)19-14(11-5-8-20-10-11)18-13-4-2-7-17-15(13)19/h1-4,6-7,9,11H,5,8,10H2. The normalized spacial score (nSPS) is 18.7. The fraction of sp³-hybridized carbons (Fsp3) is 0.267. The molecule has 100 valence electrons. The van der Waals surface area contributed by atoms with Crippen molar-refractivity contribution in [2.75, 3.05) is 11.5 Å². The molecule has 1 fully saturated rings. The van der Waals surface area contributed by atoms with E-state index in [4.69, 9.17) is 4.98 Å². The van der Waals surface area contributed by atoms with Gasteiger partial charge in [-0.05, 0) is 36.4 Å². The molecule has 4 heterocycles. The third-order valence-corrected chi connectivity index (χ3v) is 4.80. The number of hydrogen-bond acceptors (Lipinski definition) is 4. The van der Waals surface area contributed by atoms with Gasteiger partial charge in [0.25, 0.3) is 0 Å². The van der Waals surface area contributed by atoms with Gasteiger partial charge in [0.05, 0.1) is 11.9 Å². The van der Waals surface area contributed by atoms with Crippen molar-refractivity contribution in [2.24, 2.45) is 0 Å². The first kappa shape index (κ1) is 11.9. The lowest BCUT2D eigenvalue weighted by Gasteiger charge is -2.12. The van der Waals surface area contributed by atoms with E-state index in [1.807, 2.05) is 42.4 Å². The van der Waals surface area contributed by atoms with E-state index in [2.05, 4.69) is 20.6 Å². The Kier molecular flexibility index (Phi) is 2.92. The lowest BCUT2D eigenvalue weighted by Crippen LogP contribution is -2.07. The lowest BCUT2D eigenvalue weighted by molar-refractivity contribution is 0.704. The van der Waals surface area contributed by atoms with Crippen LogP contribution in [0.4, 0.5) is 0 Å². The first-order valence-corrected chi connectivity index (χ1v) is 7.90. The van der Waals surface area contributed by atoms with E-state index in [0.717, 1.165) is 28.4 Å². The van der Waals surface area contributed by atoms with Crippen LogP contribution in [-0.4, -0.2) is 31.0 Å². The van der Waals surface area contributed by atoms with Gasteiger partial charge in [0.2, 0.25) is 0 Å². The Hall–Kier alpha value is -1.88. The van der Waals surface area contributed by atoms with Crippen LogP contribution in [0.15, 0.2) is 42.9 Å². The Morgan fingerprint density at radius 1 is 1.20 bits per heavy atom. The number of nitrogens with zero attached hydrogens (tertiary/aromatic N) is 4. The summed E-state index contributed by atoms with van der Waals surface area (Å²) in [5.41, 5.74) is 2.93. The van der Waals surface area contributed by atoms with Gasteiger partial charge in [0, 0.05) is 24.1 Å². The van der Waals surface area contributed by atoms with Crippen molar-refractivity contribution in [1.82, 2.24) is 19.5 Å².